The Labute approximate surface area is 106 Å². The van der Waals surface area contributed by atoms with E-state index in [0.717, 1.165) is 6.54 Å². The largest absolute Gasteiger partial charge is 0.493 e. The van der Waals surface area contributed by atoms with Crippen molar-refractivity contribution in [1.29, 1.82) is 0 Å². The molecule has 0 saturated heterocycles. The zero-order valence-corrected chi connectivity index (χ0v) is 11.0. The molecule has 5 heteroatoms. The minimum atomic E-state index is -0.552. The van der Waals surface area contributed by atoms with E-state index in [1.54, 1.807) is 18.2 Å². The van der Waals surface area contributed by atoms with E-state index in [2.05, 4.69) is 0 Å². The van der Waals surface area contributed by atoms with Crippen molar-refractivity contribution in [3.63, 3.8) is 0 Å². The average molecular weight is 258 g/mol. The topological polar surface area (TPSA) is 38.8 Å². The molecule has 4 nitrogen and oxygen atoms in total. The van der Waals surface area contributed by atoms with Gasteiger partial charge in [-0.2, -0.15) is 0 Å². The first kappa shape index (κ1) is 13.8. The molecule has 0 spiro atoms. The number of likely N-dealkylation sites (N-methyl/N-ethyl adjacent to an activating group) is 1. The van der Waals surface area contributed by atoms with Gasteiger partial charge in [-0.15, -0.1) is 0 Å². The summed E-state index contributed by atoms with van der Waals surface area (Å²) < 4.78 is 10.7. The third-order valence-corrected chi connectivity index (χ3v) is 2.40. The van der Waals surface area contributed by atoms with Crippen molar-refractivity contribution < 1.29 is 14.3 Å². The number of hydrogen-bond donors (Lipinski definition) is 0. The van der Waals surface area contributed by atoms with Crippen molar-refractivity contribution in [2.45, 2.75) is 0 Å². The Morgan fingerprint density at radius 1 is 1.41 bits per heavy atom. The summed E-state index contributed by atoms with van der Waals surface area (Å²) in [7, 11) is 5.41. The van der Waals surface area contributed by atoms with Crippen LogP contribution in [0.25, 0.3) is 0 Å². The lowest BCUT2D eigenvalue weighted by Crippen LogP contribution is -2.20. The number of methoxy groups -OCH3 is 1. The lowest BCUT2D eigenvalue weighted by atomic mass is 10.2. The van der Waals surface area contributed by atoms with Crippen LogP contribution in [0.1, 0.15) is 10.4 Å². The third kappa shape index (κ3) is 3.91. The molecule has 0 aliphatic carbocycles. The molecule has 1 aromatic carbocycles. The highest BCUT2D eigenvalue weighted by Crippen LogP contribution is 2.31. The first-order chi connectivity index (χ1) is 8.06. The van der Waals surface area contributed by atoms with E-state index in [4.69, 9.17) is 21.1 Å². The van der Waals surface area contributed by atoms with Crippen molar-refractivity contribution in [2.24, 2.45) is 0 Å². The molecule has 1 aromatic rings. The summed E-state index contributed by atoms with van der Waals surface area (Å²) in [5.74, 6) is 0.909. The van der Waals surface area contributed by atoms with Crippen LogP contribution < -0.4 is 9.47 Å². The fourth-order valence-corrected chi connectivity index (χ4v) is 1.46. The van der Waals surface area contributed by atoms with Gasteiger partial charge in [-0.25, -0.2) is 0 Å². The van der Waals surface area contributed by atoms with Crippen molar-refractivity contribution in [3.05, 3.63) is 23.8 Å². The molecule has 0 fully saturated rings. The Bertz CT molecular complexity index is 393. The lowest BCUT2D eigenvalue weighted by molar-refractivity contribution is 0.107. The van der Waals surface area contributed by atoms with Crippen LogP contribution in [-0.2, 0) is 0 Å². The minimum Gasteiger partial charge on any atom is -0.493 e. The Kier molecular flexibility index (Phi) is 5.25. The summed E-state index contributed by atoms with van der Waals surface area (Å²) in [6.07, 6.45) is 0. The monoisotopic (exact) mass is 257 g/mol. The van der Waals surface area contributed by atoms with Crippen LogP contribution >= 0.6 is 11.6 Å². The highest BCUT2D eigenvalue weighted by atomic mass is 35.5. The van der Waals surface area contributed by atoms with Gasteiger partial charge in [0.05, 0.1) is 12.7 Å². The number of benzene rings is 1. The summed E-state index contributed by atoms with van der Waals surface area (Å²) >= 11 is 5.49. The summed E-state index contributed by atoms with van der Waals surface area (Å²) in [6, 6.07) is 5.05. The molecule has 0 radical (unpaired) electrons. The van der Waals surface area contributed by atoms with Crippen molar-refractivity contribution >= 4 is 16.8 Å². The summed E-state index contributed by atoms with van der Waals surface area (Å²) in [4.78, 5) is 13.2. The molecule has 0 atom stereocenters. The zero-order valence-electron chi connectivity index (χ0n) is 10.2. The molecule has 0 N–H and O–H groups in total. The van der Waals surface area contributed by atoms with Gasteiger partial charge in [-0.05, 0) is 37.8 Å². The number of para-hydroxylation sites is 1. The molecule has 0 unspecified atom stereocenters. The van der Waals surface area contributed by atoms with Crippen molar-refractivity contribution in [1.82, 2.24) is 4.90 Å². The normalized spacial score (nSPS) is 10.4. The number of rotatable bonds is 6. The fraction of sp³-hybridized carbons (Fsp3) is 0.417. The second-order valence-electron chi connectivity index (χ2n) is 3.76. The number of carbonyl (C=O) groups is 1. The SMILES string of the molecule is COc1cccc(C(=O)Cl)c1OCCN(C)C. The van der Waals surface area contributed by atoms with Crippen LogP contribution in [0.4, 0.5) is 0 Å². The quantitative estimate of drug-likeness (QED) is 0.731. The number of hydrogen-bond acceptors (Lipinski definition) is 4. The summed E-state index contributed by atoms with van der Waals surface area (Å²) in [5, 5.41) is -0.552. The standard InChI is InChI=1S/C12H16ClNO3/c1-14(2)7-8-17-11-9(12(13)15)5-4-6-10(11)16-3/h4-6H,7-8H2,1-3H3. The van der Waals surface area contributed by atoms with Gasteiger partial charge in [0, 0.05) is 6.54 Å². The zero-order chi connectivity index (χ0) is 12.8. The van der Waals surface area contributed by atoms with Gasteiger partial charge in [0.1, 0.15) is 6.61 Å². The highest BCUT2D eigenvalue weighted by Gasteiger charge is 2.15. The second kappa shape index (κ2) is 6.47. The smallest absolute Gasteiger partial charge is 0.256 e. The molecule has 94 valence electrons. The van der Waals surface area contributed by atoms with Gasteiger partial charge < -0.3 is 14.4 Å². The Balaban J connectivity index is 2.89. The van der Waals surface area contributed by atoms with Crippen molar-refractivity contribution in [3.8, 4) is 11.5 Å². The van der Waals surface area contributed by atoms with Gasteiger partial charge in [0.15, 0.2) is 11.5 Å². The fourth-order valence-electron chi connectivity index (χ4n) is 1.31. The van der Waals surface area contributed by atoms with E-state index in [9.17, 15) is 4.79 Å². The van der Waals surface area contributed by atoms with Crippen LogP contribution in [0, 0.1) is 0 Å². The summed E-state index contributed by atoms with van der Waals surface area (Å²) in [6.45, 7) is 1.21. The summed E-state index contributed by atoms with van der Waals surface area (Å²) in [5.41, 5.74) is 0.324. The lowest BCUT2D eigenvalue weighted by Gasteiger charge is -2.15. The average Bonchev–Trinajstić information content (AvgIpc) is 2.28. The Hall–Kier alpha value is -1.26. The number of halogens is 1. The van der Waals surface area contributed by atoms with Crippen LogP contribution in [0.2, 0.25) is 0 Å². The first-order valence-electron chi connectivity index (χ1n) is 5.20. The van der Waals surface area contributed by atoms with E-state index in [0.29, 0.717) is 23.7 Å². The highest BCUT2D eigenvalue weighted by molar-refractivity contribution is 6.68. The van der Waals surface area contributed by atoms with E-state index >= 15 is 0 Å². The molecular formula is C12H16ClNO3. The predicted molar refractivity (Wildman–Crippen MR) is 67.2 cm³/mol. The molecule has 0 aromatic heterocycles. The van der Waals surface area contributed by atoms with E-state index in [-0.39, 0.29) is 0 Å². The van der Waals surface area contributed by atoms with Gasteiger partial charge >= 0.3 is 0 Å². The van der Waals surface area contributed by atoms with Gasteiger partial charge in [0.25, 0.3) is 5.24 Å². The van der Waals surface area contributed by atoms with E-state index < -0.39 is 5.24 Å². The van der Waals surface area contributed by atoms with Crippen molar-refractivity contribution in [2.75, 3.05) is 34.4 Å². The second-order valence-corrected chi connectivity index (χ2v) is 4.11. The van der Waals surface area contributed by atoms with Gasteiger partial charge in [-0.3, -0.25) is 4.79 Å². The third-order valence-electron chi connectivity index (χ3n) is 2.20. The minimum absolute atomic E-state index is 0.324. The number of nitrogens with zero attached hydrogens (tertiary/aromatic N) is 1. The van der Waals surface area contributed by atoms with Crippen LogP contribution in [-0.4, -0.2) is 44.5 Å². The van der Waals surface area contributed by atoms with Gasteiger partial charge in [0.2, 0.25) is 0 Å². The molecule has 0 amide bonds. The Morgan fingerprint density at radius 3 is 2.65 bits per heavy atom. The maximum absolute atomic E-state index is 11.3. The maximum Gasteiger partial charge on any atom is 0.256 e. The maximum atomic E-state index is 11.3. The molecule has 0 saturated carbocycles. The van der Waals surface area contributed by atoms with Crippen LogP contribution in [0.5, 0.6) is 11.5 Å². The molecule has 1 rings (SSSR count). The molecular weight excluding hydrogens is 242 g/mol. The molecule has 0 aliphatic heterocycles. The van der Waals surface area contributed by atoms with E-state index in [1.807, 2.05) is 19.0 Å². The predicted octanol–water partition coefficient (Wildman–Crippen LogP) is 2.01. The molecule has 17 heavy (non-hydrogen) atoms. The van der Waals surface area contributed by atoms with Crippen LogP contribution in [0.15, 0.2) is 18.2 Å². The first-order valence-corrected chi connectivity index (χ1v) is 5.58. The number of ether oxygens (including phenoxy) is 2. The molecule has 0 bridgehead atoms. The van der Waals surface area contributed by atoms with Crippen LogP contribution in [0.3, 0.4) is 0 Å². The number of carbonyl (C=O) groups excluding carboxylic acids is 1. The van der Waals surface area contributed by atoms with Gasteiger partial charge in [-0.1, -0.05) is 6.07 Å². The molecule has 0 heterocycles. The Morgan fingerprint density at radius 2 is 2.12 bits per heavy atom. The molecule has 0 aliphatic rings. The van der Waals surface area contributed by atoms with E-state index in [1.165, 1.54) is 7.11 Å².